The minimum Gasteiger partial charge on any atom is -0.303 e. The van der Waals surface area contributed by atoms with Crippen LogP contribution in [0.25, 0.3) is 0 Å². The second-order valence-corrected chi connectivity index (χ2v) is 4.23. The molecule has 0 amide bonds. The molecule has 0 bridgehead atoms. The zero-order chi connectivity index (χ0) is 8.81. The summed E-state index contributed by atoms with van der Waals surface area (Å²) in [5.41, 5.74) is 0. The Bertz CT molecular complexity index is 104. The van der Waals surface area contributed by atoms with Gasteiger partial charge in [0.25, 0.3) is 0 Å². The van der Waals surface area contributed by atoms with Gasteiger partial charge in [0.15, 0.2) is 0 Å². The topological polar surface area (TPSA) is 3.24 Å². The van der Waals surface area contributed by atoms with Gasteiger partial charge in [-0.3, -0.25) is 0 Å². The first-order valence-corrected chi connectivity index (χ1v) is 5.55. The third-order valence-electron chi connectivity index (χ3n) is 2.97. The molecule has 0 radical (unpaired) electrons. The van der Waals surface area contributed by atoms with Gasteiger partial charge in [-0.1, -0.05) is 33.1 Å². The molecule has 1 aliphatic heterocycles. The fourth-order valence-electron chi connectivity index (χ4n) is 1.89. The minimum atomic E-state index is 0.892. The summed E-state index contributed by atoms with van der Waals surface area (Å²) < 4.78 is 0. The summed E-state index contributed by atoms with van der Waals surface area (Å²) in [6.45, 7) is 8.69. The highest BCUT2D eigenvalue weighted by Gasteiger charge is 2.10. The van der Waals surface area contributed by atoms with Crippen LogP contribution in [0.3, 0.4) is 0 Å². The molecule has 1 nitrogen and oxygen atoms in total. The molecule has 0 aliphatic carbocycles. The molecule has 1 atom stereocenters. The summed E-state index contributed by atoms with van der Waals surface area (Å²) in [7, 11) is 0. The van der Waals surface area contributed by atoms with Crippen molar-refractivity contribution in [1.82, 2.24) is 4.90 Å². The molecule has 0 aromatic rings. The second kappa shape index (κ2) is 5.58. The Labute approximate surface area is 77.1 Å². The van der Waals surface area contributed by atoms with Crippen molar-refractivity contribution >= 4 is 0 Å². The highest BCUT2D eigenvalue weighted by atomic mass is 15.1. The largest absolute Gasteiger partial charge is 0.303 e. The number of hydrogen-bond acceptors (Lipinski definition) is 1. The number of nitrogens with zero attached hydrogens (tertiary/aromatic N) is 1. The first kappa shape index (κ1) is 10.0. The van der Waals surface area contributed by atoms with Crippen molar-refractivity contribution in [1.29, 1.82) is 0 Å². The molecule has 1 rings (SSSR count). The molecule has 12 heavy (non-hydrogen) atoms. The monoisotopic (exact) mass is 169 g/mol. The Morgan fingerprint density at radius 3 is 2.17 bits per heavy atom. The summed E-state index contributed by atoms with van der Waals surface area (Å²) >= 11 is 0. The molecule has 1 unspecified atom stereocenters. The van der Waals surface area contributed by atoms with Gasteiger partial charge in [0.2, 0.25) is 0 Å². The minimum absolute atomic E-state index is 0.892. The molecular weight excluding hydrogens is 146 g/mol. The predicted octanol–water partition coefficient (Wildman–Crippen LogP) is 2.91. The molecule has 0 aromatic carbocycles. The fourth-order valence-corrected chi connectivity index (χ4v) is 1.89. The maximum Gasteiger partial charge on any atom is 0.000692 e. The van der Waals surface area contributed by atoms with Gasteiger partial charge in [-0.25, -0.2) is 0 Å². The summed E-state index contributed by atoms with van der Waals surface area (Å²) in [6.07, 6.45) is 7.09. The summed E-state index contributed by atoms with van der Waals surface area (Å²) in [5.74, 6) is 0.892. The molecule has 0 aromatic heterocycles. The first-order valence-electron chi connectivity index (χ1n) is 5.55. The van der Waals surface area contributed by atoms with E-state index in [0.29, 0.717) is 0 Å². The molecule has 0 N–H and O–H groups in total. The van der Waals surface area contributed by atoms with Crippen LogP contribution in [0.4, 0.5) is 0 Å². The van der Waals surface area contributed by atoms with E-state index in [4.69, 9.17) is 0 Å². The van der Waals surface area contributed by atoms with E-state index in [1.165, 1.54) is 51.7 Å². The van der Waals surface area contributed by atoms with Crippen LogP contribution < -0.4 is 0 Å². The molecular formula is C11H23N. The van der Waals surface area contributed by atoms with Crippen LogP contribution in [-0.4, -0.2) is 24.5 Å². The van der Waals surface area contributed by atoms with Gasteiger partial charge in [0, 0.05) is 6.54 Å². The van der Waals surface area contributed by atoms with Gasteiger partial charge >= 0.3 is 0 Å². The standard InChI is InChI=1S/C11H23N/c1-3-11(2)10-12-8-6-4-5-7-9-12/h11H,3-10H2,1-2H3. The van der Waals surface area contributed by atoms with E-state index in [1.54, 1.807) is 0 Å². The van der Waals surface area contributed by atoms with Crippen LogP contribution in [0.15, 0.2) is 0 Å². The lowest BCUT2D eigenvalue weighted by Crippen LogP contribution is -2.29. The van der Waals surface area contributed by atoms with Crippen LogP contribution in [0.2, 0.25) is 0 Å². The van der Waals surface area contributed by atoms with Gasteiger partial charge in [-0.15, -0.1) is 0 Å². The van der Waals surface area contributed by atoms with Crippen LogP contribution >= 0.6 is 0 Å². The van der Waals surface area contributed by atoms with E-state index in [1.807, 2.05) is 0 Å². The number of hydrogen-bond donors (Lipinski definition) is 0. The van der Waals surface area contributed by atoms with E-state index in [2.05, 4.69) is 18.7 Å². The molecule has 1 heterocycles. The third kappa shape index (κ3) is 3.57. The lowest BCUT2D eigenvalue weighted by Gasteiger charge is -2.22. The lowest BCUT2D eigenvalue weighted by atomic mass is 10.1. The van der Waals surface area contributed by atoms with Gasteiger partial charge < -0.3 is 4.90 Å². The van der Waals surface area contributed by atoms with E-state index in [9.17, 15) is 0 Å². The van der Waals surface area contributed by atoms with Gasteiger partial charge in [0.1, 0.15) is 0 Å². The van der Waals surface area contributed by atoms with Gasteiger partial charge in [0.05, 0.1) is 0 Å². The van der Waals surface area contributed by atoms with Crippen molar-refractivity contribution in [3.05, 3.63) is 0 Å². The van der Waals surface area contributed by atoms with Crippen molar-refractivity contribution < 1.29 is 0 Å². The van der Waals surface area contributed by atoms with Crippen molar-refractivity contribution in [3.8, 4) is 0 Å². The van der Waals surface area contributed by atoms with E-state index in [0.717, 1.165) is 5.92 Å². The van der Waals surface area contributed by atoms with Crippen molar-refractivity contribution in [3.63, 3.8) is 0 Å². The molecule has 0 saturated carbocycles. The SMILES string of the molecule is CCC(C)CN1CCCCCC1. The summed E-state index contributed by atoms with van der Waals surface area (Å²) in [4.78, 5) is 2.65. The van der Waals surface area contributed by atoms with E-state index in [-0.39, 0.29) is 0 Å². The number of likely N-dealkylation sites (tertiary alicyclic amines) is 1. The van der Waals surface area contributed by atoms with Crippen molar-refractivity contribution in [2.24, 2.45) is 5.92 Å². The Balaban J connectivity index is 2.20. The molecule has 1 aliphatic rings. The highest BCUT2D eigenvalue weighted by molar-refractivity contribution is 4.65. The van der Waals surface area contributed by atoms with Crippen molar-refractivity contribution in [2.45, 2.75) is 46.0 Å². The zero-order valence-electron chi connectivity index (χ0n) is 8.68. The quantitative estimate of drug-likeness (QED) is 0.628. The van der Waals surface area contributed by atoms with Gasteiger partial charge in [-0.2, -0.15) is 0 Å². The Morgan fingerprint density at radius 2 is 1.67 bits per heavy atom. The predicted molar refractivity (Wildman–Crippen MR) is 54.4 cm³/mol. The van der Waals surface area contributed by atoms with Crippen LogP contribution in [-0.2, 0) is 0 Å². The smallest absolute Gasteiger partial charge is 0.000692 e. The molecule has 1 fully saturated rings. The maximum absolute atomic E-state index is 2.65. The average Bonchev–Trinajstić information content (AvgIpc) is 2.33. The molecule has 0 spiro atoms. The van der Waals surface area contributed by atoms with E-state index >= 15 is 0 Å². The molecule has 1 heteroatoms. The second-order valence-electron chi connectivity index (χ2n) is 4.23. The third-order valence-corrected chi connectivity index (χ3v) is 2.97. The first-order chi connectivity index (χ1) is 5.83. The lowest BCUT2D eigenvalue weighted by molar-refractivity contribution is 0.243. The van der Waals surface area contributed by atoms with Crippen LogP contribution in [0.1, 0.15) is 46.0 Å². The molecule has 72 valence electrons. The van der Waals surface area contributed by atoms with Crippen LogP contribution in [0, 0.1) is 5.92 Å². The maximum atomic E-state index is 2.65. The highest BCUT2D eigenvalue weighted by Crippen LogP contribution is 2.12. The van der Waals surface area contributed by atoms with Gasteiger partial charge in [-0.05, 0) is 31.8 Å². The fraction of sp³-hybridized carbons (Fsp3) is 1.00. The Hall–Kier alpha value is -0.0400. The zero-order valence-corrected chi connectivity index (χ0v) is 8.68. The Morgan fingerprint density at radius 1 is 1.08 bits per heavy atom. The summed E-state index contributed by atoms with van der Waals surface area (Å²) in [6, 6.07) is 0. The summed E-state index contributed by atoms with van der Waals surface area (Å²) in [5, 5.41) is 0. The normalized spacial score (nSPS) is 23.5. The van der Waals surface area contributed by atoms with Crippen LogP contribution in [0.5, 0.6) is 0 Å². The van der Waals surface area contributed by atoms with E-state index < -0.39 is 0 Å². The Kier molecular flexibility index (Phi) is 4.67. The van der Waals surface area contributed by atoms with Crippen molar-refractivity contribution in [2.75, 3.05) is 19.6 Å². The number of rotatable bonds is 3. The average molecular weight is 169 g/mol. The molecule has 1 saturated heterocycles.